The van der Waals surface area contributed by atoms with Crippen molar-refractivity contribution in [2.75, 3.05) is 11.9 Å². The van der Waals surface area contributed by atoms with Crippen LogP contribution in [0.15, 0.2) is 18.2 Å². The molecule has 8 heteroatoms. The summed E-state index contributed by atoms with van der Waals surface area (Å²) in [5.74, 6) is -3.01. The van der Waals surface area contributed by atoms with Gasteiger partial charge >= 0.3 is 12.0 Å². The maximum absolute atomic E-state index is 13.4. The zero-order chi connectivity index (χ0) is 14.9. The van der Waals surface area contributed by atoms with Crippen molar-refractivity contribution in [3.8, 4) is 0 Å². The maximum Gasteiger partial charge on any atom is 0.326 e. The first kappa shape index (κ1) is 14.2. The number of carboxylic acids is 1. The normalized spacial score (nSPS) is 21.9. The molecule has 0 bridgehead atoms. The van der Waals surface area contributed by atoms with Crippen LogP contribution in [0.1, 0.15) is 6.42 Å². The van der Waals surface area contributed by atoms with Crippen LogP contribution in [0.2, 0.25) is 0 Å². The van der Waals surface area contributed by atoms with Crippen molar-refractivity contribution in [2.45, 2.75) is 18.6 Å². The number of aliphatic hydroxyl groups excluding tert-OH is 1. The monoisotopic (exact) mass is 286 g/mol. The average Bonchev–Trinajstić information content (AvgIpc) is 2.75. The summed E-state index contributed by atoms with van der Waals surface area (Å²) in [7, 11) is 0. The smallest absolute Gasteiger partial charge is 0.326 e. The van der Waals surface area contributed by atoms with Crippen molar-refractivity contribution in [1.82, 2.24) is 4.90 Å². The zero-order valence-electron chi connectivity index (χ0n) is 10.2. The Bertz CT molecular complexity index is 552. The van der Waals surface area contributed by atoms with Crippen LogP contribution in [0.5, 0.6) is 0 Å². The van der Waals surface area contributed by atoms with Crippen LogP contribution in [-0.4, -0.2) is 45.8 Å². The average molecular weight is 286 g/mol. The van der Waals surface area contributed by atoms with Gasteiger partial charge < -0.3 is 20.4 Å². The third-order valence-electron chi connectivity index (χ3n) is 3.00. The summed E-state index contributed by atoms with van der Waals surface area (Å²) in [5.41, 5.74) is -0.262. The molecule has 0 aliphatic carbocycles. The number of anilines is 1. The number of carboxylic acid groups (broad SMARTS) is 1. The summed E-state index contributed by atoms with van der Waals surface area (Å²) < 4.78 is 26.1. The lowest BCUT2D eigenvalue weighted by molar-refractivity contribution is -0.141. The van der Waals surface area contributed by atoms with Crippen molar-refractivity contribution in [3.05, 3.63) is 29.8 Å². The number of amides is 2. The molecule has 0 aromatic heterocycles. The summed E-state index contributed by atoms with van der Waals surface area (Å²) in [6.45, 7) is -0.161. The van der Waals surface area contributed by atoms with Gasteiger partial charge in [-0.2, -0.15) is 0 Å². The first-order chi connectivity index (χ1) is 9.38. The molecular formula is C12H12F2N2O4. The van der Waals surface area contributed by atoms with E-state index in [4.69, 9.17) is 5.11 Å². The minimum absolute atomic E-state index is 0.0886. The molecule has 2 amide bonds. The second kappa shape index (κ2) is 5.41. The zero-order valence-corrected chi connectivity index (χ0v) is 10.2. The number of aliphatic hydroxyl groups is 1. The number of hydrogen-bond donors (Lipinski definition) is 3. The van der Waals surface area contributed by atoms with E-state index in [-0.39, 0.29) is 18.7 Å². The summed E-state index contributed by atoms with van der Waals surface area (Å²) >= 11 is 0. The minimum atomic E-state index is -1.25. The van der Waals surface area contributed by atoms with Gasteiger partial charge in [-0.05, 0) is 12.1 Å². The highest BCUT2D eigenvalue weighted by Gasteiger charge is 2.39. The predicted molar refractivity (Wildman–Crippen MR) is 64.1 cm³/mol. The molecule has 1 aromatic rings. The van der Waals surface area contributed by atoms with Crippen LogP contribution in [0.4, 0.5) is 19.3 Å². The number of urea groups is 1. The second-order valence-corrected chi connectivity index (χ2v) is 4.45. The molecule has 6 nitrogen and oxygen atoms in total. The Morgan fingerprint density at radius 1 is 1.35 bits per heavy atom. The quantitative estimate of drug-likeness (QED) is 0.757. The lowest BCUT2D eigenvalue weighted by atomic mass is 10.2. The highest BCUT2D eigenvalue weighted by molar-refractivity contribution is 5.92. The summed E-state index contributed by atoms with van der Waals surface area (Å²) in [6.07, 6.45) is -1.03. The van der Waals surface area contributed by atoms with E-state index >= 15 is 0 Å². The van der Waals surface area contributed by atoms with E-state index < -0.39 is 35.8 Å². The Kier molecular flexibility index (Phi) is 3.84. The van der Waals surface area contributed by atoms with E-state index in [1.54, 1.807) is 0 Å². The molecule has 0 radical (unpaired) electrons. The van der Waals surface area contributed by atoms with Crippen LogP contribution < -0.4 is 5.32 Å². The minimum Gasteiger partial charge on any atom is -0.480 e. The van der Waals surface area contributed by atoms with Crippen molar-refractivity contribution < 1.29 is 28.6 Å². The molecule has 2 rings (SSSR count). The van der Waals surface area contributed by atoms with E-state index in [0.29, 0.717) is 6.07 Å². The third kappa shape index (κ3) is 2.85. The molecule has 1 aliphatic heterocycles. The number of aliphatic carboxylic acids is 1. The molecule has 2 atom stereocenters. The molecule has 108 valence electrons. The van der Waals surface area contributed by atoms with Crippen LogP contribution in [0.3, 0.4) is 0 Å². The Labute approximate surface area is 112 Å². The number of hydrogen-bond acceptors (Lipinski definition) is 3. The number of carbonyl (C=O) groups excluding carboxylic acids is 1. The number of β-amino-alcohol motifs (C(OH)–C–C–N with tert-alkyl or cyclic N) is 1. The largest absolute Gasteiger partial charge is 0.480 e. The molecule has 1 aromatic carbocycles. The van der Waals surface area contributed by atoms with Crippen LogP contribution in [0.25, 0.3) is 0 Å². The van der Waals surface area contributed by atoms with Crippen LogP contribution in [-0.2, 0) is 4.79 Å². The number of carbonyl (C=O) groups is 2. The SMILES string of the molecule is O=C(O)[C@@H]1C[C@@H](O)CN1C(=O)Nc1ccc(F)cc1F. The lowest BCUT2D eigenvalue weighted by Gasteiger charge is -2.21. The molecule has 0 spiro atoms. The van der Waals surface area contributed by atoms with Crippen LogP contribution >= 0.6 is 0 Å². The van der Waals surface area contributed by atoms with E-state index in [9.17, 15) is 23.5 Å². The number of halogens is 2. The maximum atomic E-state index is 13.4. The number of likely N-dealkylation sites (tertiary alicyclic amines) is 1. The molecule has 3 N–H and O–H groups in total. The van der Waals surface area contributed by atoms with Gasteiger partial charge in [-0.15, -0.1) is 0 Å². The van der Waals surface area contributed by atoms with Gasteiger partial charge in [-0.1, -0.05) is 0 Å². The molecule has 0 unspecified atom stereocenters. The van der Waals surface area contributed by atoms with Crippen molar-refractivity contribution in [3.63, 3.8) is 0 Å². The standard InChI is InChI=1S/C12H12F2N2O4/c13-6-1-2-9(8(14)3-6)15-12(20)16-5-7(17)4-10(16)11(18)19/h1-3,7,10,17H,4-5H2,(H,15,20)(H,18,19)/t7-,10+/m1/s1. The van der Waals surface area contributed by atoms with Gasteiger partial charge in [0.1, 0.15) is 17.7 Å². The predicted octanol–water partition coefficient (Wildman–Crippen LogP) is 1.02. The Hall–Kier alpha value is -2.22. The van der Waals surface area contributed by atoms with E-state index in [1.807, 2.05) is 0 Å². The first-order valence-electron chi connectivity index (χ1n) is 5.82. The summed E-state index contributed by atoms with van der Waals surface area (Å²) in [4.78, 5) is 23.8. The Morgan fingerprint density at radius 2 is 2.05 bits per heavy atom. The molecule has 1 saturated heterocycles. The van der Waals surface area contributed by atoms with Gasteiger partial charge in [-0.25, -0.2) is 18.4 Å². The Morgan fingerprint density at radius 3 is 2.65 bits per heavy atom. The fourth-order valence-corrected chi connectivity index (χ4v) is 2.05. The highest BCUT2D eigenvalue weighted by atomic mass is 19.1. The fourth-order valence-electron chi connectivity index (χ4n) is 2.05. The molecule has 1 fully saturated rings. The van der Waals surface area contributed by atoms with Gasteiger partial charge in [0.05, 0.1) is 11.8 Å². The number of rotatable bonds is 2. The number of nitrogens with one attached hydrogen (secondary N) is 1. The fraction of sp³-hybridized carbons (Fsp3) is 0.333. The topological polar surface area (TPSA) is 89.9 Å². The molecule has 20 heavy (non-hydrogen) atoms. The van der Waals surface area contributed by atoms with Crippen molar-refractivity contribution >= 4 is 17.7 Å². The molecule has 1 aliphatic rings. The van der Waals surface area contributed by atoms with Gasteiger partial charge in [0, 0.05) is 19.0 Å². The number of nitrogens with zero attached hydrogens (tertiary/aromatic N) is 1. The second-order valence-electron chi connectivity index (χ2n) is 4.45. The van der Waals surface area contributed by atoms with E-state index in [0.717, 1.165) is 17.0 Å². The highest BCUT2D eigenvalue weighted by Crippen LogP contribution is 2.21. The molecule has 0 saturated carbocycles. The van der Waals surface area contributed by atoms with E-state index in [2.05, 4.69) is 5.32 Å². The van der Waals surface area contributed by atoms with Gasteiger partial charge in [-0.3, -0.25) is 0 Å². The van der Waals surface area contributed by atoms with E-state index in [1.165, 1.54) is 0 Å². The first-order valence-corrected chi connectivity index (χ1v) is 5.82. The lowest BCUT2D eigenvalue weighted by Crippen LogP contribution is -2.43. The van der Waals surface area contributed by atoms with Gasteiger partial charge in [0.2, 0.25) is 0 Å². The summed E-state index contributed by atoms with van der Waals surface area (Å²) in [5, 5.41) is 20.5. The van der Waals surface area contributed by atoms with Gasteiger partial charge in [0.15, 0.2) is 0 Å². The van der Waals surface area contributed by atoms with Gasteiger partial charge in [0.25, 0.3) is 0 Å². The summed E-state index contributed by atoms with van der Waals surface area (Å²) in [6, 6.07) is 0.563. The molecule has 1 heterocycles. The van der Waals surface area contributed by atoms with Crippen LogP contribution in [0, 0.1) is 11.6 Å². The third-order valence-corrected chi connectivity index (χ3v) is 3.00. The van der Waals surface area contributed by atoms with Crippen molar-refractivity contribution in [1.29, 1.82) is 0 Å². The Balaban J connectivity index is 2.13. The van der Waals surface area contributed by atoms with Crippen molar-refractivity contribution in [2.24, 2.45) is 0 Å². The molecular weight excluding hydrogens is 274 g/mol. The number of benzene rings is 1.